The smallest absolute Gasteiger partial charge is 0.256 e. The molecule has 0 aliphatic heterocycles. The Labute approximate surface area is 122 Å². The van der Waals surface area contributed by atoms with Crippen LogP contribution in [0.3, 0.4) is 0 Å². The molecule has 0 saturated heterocycles. The molecule has 2 aromatic rings. The summed E-state index contributed by atoms with van der Waals surface area (Å²) in [6.45, 7) is 1.70. The predicted octanol–water partition coefficient (Wildman–Crippen LogP) is 3.38. The van der Waals surface area contributed by atoms with E-state index in [0.717, 1.165) is 0 Å². The summed E-state index contributed by atoms with van der Waals surface area (Å²) in [6, 6.07) is 9.78. The molecule has 3 nitrogen and oxygen atoms in total. The fourth-order valence-corrected chi connectivity index (χ4v) is 2.11. The average molecular weight is 290 g/mol. The van der Waals surface area contributed by atoms with Gasteiger partial charge in [-0.3, -0.25) is 4.79 Å². The first-order valence-electron chi connectivity index (χ1n) is 6.49. The second-order valence-corrected chi connectivity index (χ2v) is 4.81. The number of benzene rings is 2. The molecule has 0 aromatic heterocycles. The zero-order valence-electron chi connectivity index (χ0n) is 11.8. The van der Waals surface area contributed by atoms with Crippen molar-refractivity contribution in [1.82, 2.24) is 4.90 Å². The molecule has 0 fully saturated rings. The summed E-state index contributed by atoms with van der Waals surface area (Å²) in [5.74, 6) is -1.49. The maximum absolute atomic E-state index is 13.8. The van der Waals surface area contributed by atoms with E-state index in [1.807, 2.05) is 0 Å². The third kappa shape index (κ3) is 2.86. The molecule has 2 rings (SSSR count). The second kappa shape index (κ2) is 5.91. The van der Waals surface area contributed by atoms with Gasteiger partial charge >= 0.3 is 0 Å². The monoisotopic (exact) mass is 290 g/mol. The van der Waals surface area contributed by atoms with Gasteiger partial charge in [-0.1, -0.05) is 24.3 Å². The number of amides is 1. The number of nitrogens with zero attached hydrogens (tertiary/aromatic N) is 1. The number of rotatable bonds is 3. The van der Waals surface area contributed by atoms with Gasteiger partial charge in [0.15, 0.2) is 0 Å². The molecule has 2 aromatic carbocycles. The molecule has 0 heterocycles. The minimum Gasteiger partial charge on any atom is -0.396 e. The summed E-state index contributed by atoms with van der Waals surface area (Å²) >= 11 is 0. The lowest BCUT2D eigenvalue weighted by atomic mass is 10.0. The van der Waals surface area contributed by atoms with E-state index >= 15 is 0 Å². The van der Waals surface area contributed by atoms with Crippen LogP contribution in [0.5, 0.6) is 0 Å². The van der Waals surface area contributed by atoms with E-state index in [9.17, 15) is 13.6 Å². The van der Waals surface area contributed by atoms with Crippen molar-refractivity contribution < 1.29 is 13.6 Å². The quantitative estimate of drug-likeness (QED) is 0.881. The summed E-state index contributed by atoms with van der Waals surface area (Å²) < 4.78 is 27.2. The van der Waals surface area contributed by atoms with Gasteiger partial charge < -0.3 is 10.6 Å². The van der Waals surface area contributed by atoms with E-state index in [4.69, 9.17) is 5.73 Å². The summed E-state index contributed by atoms with van der Waals surface area (Å²) in [6.07, 6.45) is 0. The van der Waals surface area contributed by atoms with Crippen LogP contribution >= 0.6 is 0 Å². The van der Waals surface area contributed by atoms with E-state index in [1.165, 1.54) is 36.2 Å². The van der Waals surface area contributed by atoms with Gasteiger partial charge in [0, 0.05) is 12.6 Å². The third-order valence-electron chi connectivity index (χ3n) is 3.54. The van der Waals surface area contributed by atoms with Gasteiger partial charge in [-0.15, -0.1) is 0 Å². The van der Waals surface area contributed by atoms with E-state index in [2.05, 4.69) is 0 Å². The Morgan fingerprint density at radius 2 is 1.71 bits per heavy atom. The zero-order valence-corrected chi connectivity index (χ0v) is 11.8. The molecule has 21 heavy (non-hydrogen) atoms. The normalized spacial score (nSPS) is 12.0. The summed E-state index contributed by atoms with van der Waals surface area (Å²) in [5.41, 5.74) is 5.86. The molecule has 0 bridgehead atoms. The Balaban J connectivity index is 2.31. The van der Waals surface area contributed by atoms with Crippen LogP contribution in [-0.2, 0) is 0 Å². The van der Waals surface area contributed by atoms with Crippen LogP contribution in [-0.4, -0.2) is 17.9 Å². The number of anilines is 1. The highest BCUT2D eigenvalue weighted by Crippen LogP contribution is 2.25. The first kappa shape index (κ1) is 15.0. The highest BCUT2D eigenvalue weighted by molar-refractivity contribution is 5.99. The molecular formula is C16H16F2N2O. The van der Waals surface area contributed by atoms with Crippen LogP contribution in [0, 0.1) is 11.6 Å². The lowest BCUT2D eigenvalue weighted by molar-refractivity contribution is 0.0741. The maximum Gasteiger partial charge on any atom is 0.256 e. The fourth-order valence-electron chi connectivity index (χ4n) is 2.11. The number of para-hydroxylation sites is 1. The summed E-state index contributed by atoms with van der Waals surface area (Å²) in [5, 5.41) is 0. The van der Waals surface area contributed by atoms with Crippen molar-refractivity contribution in [3.8, 4) is 0 Å². The molecule has 1 unspecified atom stereocenters. The van der Waals surface area contributed by atoms with Crippen LogP contribution in [0.25, 0.3) is 0 Å². The number of nitrogens with two attached hydrogens (primary N) is 1. The molecule has 0 aliphatic rings. The minimum atomic E-state index is -0.646. The first-order chi connectivity index (χ1) is 9.93. The summed E-state index contributed by atoms with van der Waals surface area (Å²) in [4.78, 5) is 13.7. The van der Waals surface area contributed by atoms with E-state index in [0.29, 0.717) is 5.56 Å². The van der Waals surface area contributed by atoms with Crippen LogP contribution in [0.4, 0.5) is 14.5 Å². The Kier molecular flexibility index (Phi) is 4.21. The minimum absolute atomic E-state index is 0.0701. The Morgan fingerprint density at radius 3 is 2.38 bits per heavy atom. The number of hydrogen-bond acceptors (Lipinski definition) is 2. The van der Waals surface area contributed by atoms with Gasteiger partial charge in [-0.05, 0) is 25.1 Å². The first-order valence-corrected chi connectivity index (χ1v) is 6.49. The number of carbonyl (C=O) groups is 1. The molecule has 0 saturated carbocycles. The van der Waals surface area contributed by atoms with Gasteiger partial charge in [0.25, 0.3) is 5.91 Å². The van der Waals surface area contributed by atoms with Gasteiger partial charge in [-0.25, -0.2) is 8.78 Å². The van der Waals surface area contributed by atoms with Crippen molar-refractivity contribution in [3.63, 3.8) is 0 Å². The molecule has 0 spiro atoms. The van der Waals surface area contributed by atoms with Crippen LogP contribution < -0.4 is 5.73 Å². The van der Waals surface area contributed by atoms with Gasteiger partial charge in [0.2, 0.25) is 0 Å². The lowest BCUT2D eigenvalue weighted by Crippen LogP contribution is -2.30. The molecular weight excluding hydrogens is 274 g/mol. The molecule has 2 N–H and O–H groups in total. The van der Waals surface area contributed by atoms with Crippen molar-refractivity contribution in [1.29, 1.82) is 0 Å². The number of hydrogen-bond donors (Lipinski definition) is 1. The van der Waals surface area contributed by atoms with Gasteiger partial charge in [-0.2, -0.15) is 0 Å². The van der Waals surface area contributed by atoms with Crippen LogP contribution in [0.2, 0.25) is 0 Å². The van der Waals surface area contributed by atoms with E-state index < -0.39 is 23.6 Å². The topological polar surface area (TPSA) is 46.3 Å². The van der Waals surface area contributed by atoms with Crippen molar-refractivity contribution in [2.75, 3.05) is 12.8 Å². The van der Waals surface area contributed by atoms with E-state index in [1.54, 1.807) is 25.1 Å². The molecule has 0 radical (unpaired) electrons. The van der Waals surface area contributed by atoms with Crippen molar-refractivity contribution >= 4 is 11.6 Å². The standard InChI is InChI=1S/C16H16F2N2O/c1-10(11-6-3-4-8-13(11)17)20(2)16(21)12-7-5-9-14(18)15(12)19/h3-10H,19H2,1-2H3. The average Bonchev–Trinajstić information content (AvgIpc) is 2.48. The molecule has 110 valence electrons. The SMILES string of the molecule is CC(c1ccccc1F)N(C)C(=O)c1cccc(F)c1N. The number of nitrogen functional groups attached to an aromatic ring is 1. The van der Waals surface area contributed by atoms with Gasteiger partial charge in [0.1, 0.15) is 11.6 Å². The van der Waals surface area contributed by atoms with Crippen molar-refractivity contribution in [2.45, 2.75) is 13.0 Å². The number of halogens is 2. The highest BCUT2D eigenvalue weighted by atomic mass is 19.1. The third-order valence-corrected chi connectivity index (χ3v) is 3.54. The summed E-state index contributed by atoms with van der Waals surface area (Å²) in [7, 11) is 1.53. The molecule has 1 amide bonds. The maximum atomic E-state index is 13.8. The van der Waals surface area contributed by atoms with Crippen LogP contribution in [0.1, 0.15) is 28.9 Å². The predicted molar refractivity (Wildman–Crippen MR) is 77.7 cm³/mol. The van der Waals surface area contributed by atoms with Gasteiger partial charge in [0.05, 0.1) is 17.3 Å². The van der Waals surface area contributed by atoms with Crippen molar-refractivity contribution in [2.24, 2.45) is 0 Å². The Morgan fingerprint density at radius 1 is 1.10 bits per heavy atom. The number of carbonyl (C=O) groups excluding carboxylic acids is 1. The Hall–Kier alpha value is -2.43. The molecule has 1 atom stereocenters. The molecule has 5 heteroatoms. The van der Waals surface area contributed by atoms with Crippen molar-refractivity contribution in [3.05, 3.63) is 65.2 Å². The van der Waals surface area contributed by atoms with Crippen LogP contribution in [0.15, 0.2) is 42.5 Å². The molecule has 0 aliphatic carbocycles. The largest absolute Gasteiger partial charge is 0.396 e. The van der Waals surface area contributed by atoms with E-state index in [-0.39, 0.29) is 11.3 Å². The second-order valence-electron chi connectivity index (χ2n) is 4.81. The zero-order chi connectivity index (χ0) is 15.6. The lowest BCUT2D eigenvalue weighted by Gasteiger charge is -2.26. The highest BCUT2D eigenvalue weighted by Gasteiger charge is 2.23. The Bertz CT molecular complexity index is 673. The fraction of sp³-hybridized carbons (Fsp3) is 0.188.